The number of aromatic nitrogens is 1. The molecule has 0 saturated carbocycles. The maximum Gasteiger partial charge on any atom is 0.416 e. The molecule has 0 unspecified atom stereocenters. The number of nitrogens with zero attached hydrogens (tertiary/aromatic N) is 1. The molecule has 0 radical (unpaired) electrons. The zero-order valence-corrected chi connectivity index (χ0v) is 9.30. The first-order valence-electron chi connectivity index (χ1n) is 5.00. The molecule has 90 valence electrons. The van der Waals surface area contributed by atoms with Gasteiger partial charge in [0, 0.05) is 5.56 Å². The standard InChI is InChI=1S/C12H10F3NO/c1-7-11(8(2)17-16-7)9-3-5-10(6-4-9)12(13,14)15/h3-6H,1-2H3. The number of hydrogen-bond donors (Lipinski definition) is 0. The second-order valence-corrected chi connectivity index (χ2v) is 3.77. The van der Waals surface area contributed by atoms with Crippen molar-refractivity contribution in [2.45, 2.75) is 20.0 Å². The first-order valence-corrected chi connectivity index (χ1v) is 5.00. The van der Waals surface area contributed by atoms with Crippen LogP contribution in [-0.2, 0) is 6.18 Å². The summed E-state index contributed by atoms with van der Waals surface area (Å²) >= 11 is 0. The average Bonchev–Trinajstić information content (AvgIpc) is 2.58. The normalized spacial score (nSPS) is 11.8. The summed E-state index contributed by atoms with van der Waals surface area (Å²) in [5.74, 6) is 0.599. The van der Waals surface area contributed by atoms with Crippen LogP contribution in [0.2, 0.25) is 0 Å². The van der Waals surface area contributed by atoms with Gasteiger partial charge in [0.25, 0.3) is 0 Å². The highest BCUT2D eigenvalue weighted by Gasteiger charge is 2.30. The van der Waals surface area contributed by atoms with Gasteiger partial charge in [-0.05, 0) is 31.5 Å². The molecule has 2 nitrogen and oxygen atoms in total. The van der Waals surface area contributed by atoms with E-state index in [-0.39, 0.29) is 0 Å². The van der Waals surface area contributed by atoms with Gasteiger partial charge in [-0.2, -0.15) is 13.2 Å². The van der Waals surface area contributed by atoms with E-state index in [1.807, 2.05) is 0 Å². The lowest BCUT2D eigenvalue weighted by atomic mass is 10.0. The van der Waals surface area contributed by atoms with Gasteiger partial charge in [-0.3, -0.25) is 0 Å². The summed E-state index contributed by atoms with van der Waals surface area (Å²) in [5.41, 5.74) is 1.43. The van der Waals surface area contributed by atoms with E-state index in [1.165, 1.54) is 12.1 Å². The van der Waals surface area contributed by atoms with Gasteiger partial charge < -0.3 is 4.52 Å². The van der Waals surface area contributed by atoms with Gasteiger partial charge in [-0.1, -0.05) is 17.3 Å². The molecule has 0 amide bonds. The molecule has 0 bridgehead atoms. The Balaban J connectivity index is 2.43. The Hall–Kier alpha value is -1.78. The van der Waals surface area contributed by atoms with E-state index in [2.05, 4.69) is 5.16 Å². The molecule has 5 heteroatoms. The average molecular weight is 241 g/mol. The van der Waals surface area contributed by atoms with Crippen LogP contribution in [0.15, 0.2) is 28.8 Å². The predicted molar refractivity (Wildman–Crippen MR) is 56.4 cm³/mol. The molecule has 0 atom stereocenters. The van der Waals surface area contributed by atoms with Gasteiger partial charge in [0.2, 0.25) is 0 Å². The van der Waals surface area contributed by atoms with Crippen molar-refractivity contribution in [3.63, 3.8) is 0 Å². The summed E-state index contributed by atoms with van der Waals surface area (Å²) in [6.07, 6.45) is -4.31. The molecule has 1 heterocycles. The van der Waals surface area contributed by atoms with E-state index in [9.17, 15) is 13.2 Å². The topological polar surface area (TPSA) is 26.0 Å². The third-order valence-corrected chi connectivity index (χ3v) is 2.53. The lowest BCUT2D eigenvalue weighted by Gasteiger charge is -2.07. The molecule has 0 saturated heterocycles. The molecule has 0 N–H and O–H groups in total. The van der Waals surface area contributed by atoms with Crippen LogP contribution in [0.4, 0.5) is 13.2 Å². The van der Waals surface area contributed by atoms with Crippen molar-refractivity contribution in [2.24, 2.45) is 0 Å². The Morgan fingerprint density at radius 1 is 1.06 bits per heavy atom. The number of hydrogen-bond acceptors (Lipinski definition) is 2. The van der Waals surface area contributed by atoms with Gasteiger partial charge in [-0.15, -0.1) is 0 Å². The maximum absolute atomic E-state index is 12.4. The molecule has 17 heavy (non-hydrogen) atoms. The minimum Gasteiger partial charge on any atom is -0.361 e. The highest BCUT2D eigenvalue weighted by Crippen LogP contribution is 2.32. The smallest absolute Gasteiger partial charge is 0.361 e. The number of aryl methyl sites for hydroxylation is 2. The fraction of sp³-hybridized carbons (Fsp3) is 0.250. The first-order chi connectivity index (χ1) is 7.89. The van der Waals surface area contributed by atoms with Crippen molar-refractivity contribution < 1.29 is 17.7 Å². The largest absolute Gasteiger partial charge is 0.416 e. The number of rotatable bonds is 1. The summed E-state index contributed by atoms with van der Waals surface area (Å²) in [7, 11) is 0. The van der Waals surface area contributed by atoms with Gasteiger partial charge in [-0.25, -0.2) is 0 Å². The van der Waals surface area contributed by atoms with Crippen molar-refractivity contribution in [1.29, 1.82) is 0 Å². The quantitative estimate of drug-likeness (QED) is 0.754. The SMILES string of the molecule is Cc1noc(C)c1-c1ccc(C(F)(F)F)cc1. The first kappa shape index (κ1) is 11.7. The molecule has 2 rings (SSSR count). The Morgan fingerprint density at radius 2 is 1.65 bits per heavy atom. The third-order valence-electron chi connectivity index (χ3n) is 2.53. The highest BCUT2D eigenvalue weighted by molar-refractivity contribution is 5.67. The molecular formula is C12H10F3NO. The molecule has 0 aliphatic rings. The van der Waals surface area contributed by atoms with E-state index in [4.69, 9.17) is 4.52 Å². The van der Waals surface area contributed by atoms with Gasteiger partial charge in [0.05, 0.1) is 11.3 Å². The molecule has 1 aromatic carbocycles. The Labute approximate surface area is 96.0 Å². The van der Waals surface area contributed by atoms with Gasteiger partial charge in [0.1, 0.15) is 5.76 Å². The van der Waals surface area contributed by atoms with Crippen molar-refractivity contribution in [2.75, 3.05) is 0 Å². The summed E-state index contributed by atoms with van der Waals surface area (Å²) in [6, 6.07) is 4.97. The van der Waals surface area contributed by atoms with Crippen molar-refractivity contribution in [3.8, 4) is 11.1 Å². The summed E-state index contributed by atoms with van der Waals surface area (Å²) in [4.78, 5) is 0. The molecule has 0 fully saturated rings. The van der Waals surface area contributed by atoms with E-state index in [0.717, 1.165) is 17.7 Å². The lowest BCUT2D eigenvalue weighted by molar-refractivity contribution is -0.137. The van der Waals surface area contributed by atoms with Crippen LogP contribution in [0, 0.1) is 13.8 Å². The van der Waals surface area contributed by atoms with Crippen LogP contribution in [0.1, 0.15) is 17.0 Å². The summed E-state index contributed by atoms with van der Waals surface area (Å²) < 4.78 is 42.1. The molecule has 0 spiro atoms. The maximum atomic E-state index is 12.4. The van der Waals surface area contributed by atoms with Crippen LogP contribution < -0.4 is 0 Å². The lowest BCUT2D eigenvalue weighted by Crippen LogP contribution is -2.04. The molecule has 0 aliphatic heterocycles. The molecular weight excluding hydrogens is 231 g/mol. The van der Waals surface area contributed by atoms with Crippen LogP contribution in [0.3, 0.4) is 0 Å². The van der Waals surface area contributed by atoms with E-state index in [1.54, 1.807) is 13.8 Å². The number of benzene rings is 1. The monoisotopic (exact) mass is 241 g/mol. The Kier molecular flexibility index (Phi) is 2.69. The van der Waals surface area contributed by atoms with Crippen molar-refractivity contribution in [1.82, 2.24) is 5.16 Å². The molecule has 0 aliphatic carbocycles. The predicted octanol–water partition coefficient (Wildman–Crippen LogP) is 3.98. The Morgan fingerprint density at radius 3 is 2.06 bits per heavy atom. The third kappa shape index (κ3) is 2.18. The van der Waals surface area contributed by atoms with Crippen LogP contribution in [-0.4, -0.2) is 5.16 Å². The minimum absolute atomic E-state index is 0.599. The van der Waals surface area contributed by atoms with Crippen LogP contribution >= 0.6 is 0 Å². The van der Waals surface area contributed by atoms with Crippen LogP contribution in [0.25, 0.3) is 11.1 Å². The summed E-state index contributed by atoms with van der Waals surface area (Å²) in [5, 5.41) is 3.77. The van der Waals surface area contributed by atoms with E-state index < -0.39 is 11.7 Å². The minimum atomic E-state index is -4.31. The highest BCUT2D eigenvalue weighted by atomic mass is 19.4. The van der Waals surface area contributed by atoms with Crippen LogP contribution in [0.5, 0.6) is 0 Å². The second kappa shape index (κ2) is 3.91. The van der Waals surface area contributed by atoms with Crippen molar-refractivity contribution >= 4 is 0 Å². The zero-order chi connectivity index (χ0) is 12.6. The number of halogens is 3. The zero-order valence-electron chi connectivity index (χ0n) is 9.30. The molecule has 1 aromatic heterocycles. The second-order valence-electron chi connectivity index (χ2n) is 3.77. The number of alkyl halides is 3. The fourth-order valence-corrected chi connectivity index (χ4v) is 1.72. The van der Waals surface area contributed by atoms with E-state index in [0.29, 0.717) is 17.0 Å². The fourth-order valence-electron chi connectivity index (χ4n) is 1.72. The summed E-state index contributed by atoms with van der Waals surface area (Å²) in [6.45, 7) is 3.48. The van der Waals surface area contributed by atoms with Crippen molar-refractivity contribution in [3.05, 3.63) is 41.3 Å². The Bertz CT molecular complexity index is 506. The molecule has 2 aromatic rings. The van der Waals surface area contributed by atoms with E-state index >= 15 is 0 Å². The van der Waals surface area contributed by atoms with Gasteiger partial charge in [0.15, 0.2) is 0 Å². The van der Waals surface area contributed by atoms with Gasteiger partial charge >= 0.3 is 6.18 Å².